The SMILES string of the molecule is CCCCCCCCOc1ccc(C(=O)Nc2cccc3cc(-c4nnn[nH]4)oc23)cc1. The van der Waals surface area contributed by atoms with Crippen LogP contribution in [0.3, 0.4) is 0 Å². The topological polar surface area (TPSA) is 106 Å². The number of nitrogens with zero attached hydrogens (tertiary/aromatic N) is 3. The molecule has 0 saturated carbocycles. The number of H-pyrrole nitrogens is 1. The van der Waals surface area contributed by atoms with Crippen molar-refractivity contribution in [3.8, 4) is 17.3 Å². The van der Waals surface area contributed by atoms with E-state index in [1.54, 1.807) is 18.2 Å². The molecule has 32 heavy (non-hydrogen) atoms. The van der Waals surface area contributed by atoms with E-state index < -0.39 is 0 Å². The molecule has 0 aliphatic rings. The first-order valence-electron chi connectivity index (χ1n) is 11.1. The number of rotatable bonds is 11. The van der Waals surface area contributed by atoms with Crippen LogP contribution in [0.4, 0.5) is 5.69 Å². The fraction of sp³-hybridized carbons (Fsp3) is 0.333. The number of anilines is 1. The summed E-state index contributed by atoms with van der Waals surface area (Å²) in [4.78, 5) is 12.8. The molecule has 2 heterocycles. The van der Waals surface area contributed by atoms with E-state index in [0.717, 1.165) is 17.6 Å². The van der Waals surface area contributed by atoms with Crippen molar-refractivity contribution in [2.24, 2.45) is 0 Å². The highest BCUT2D eigenvalue weighted by Gasteiger charge is 2.14. The van der Waals surface area contributed by atoms with E-state index in [0.29, 0.717) is 35.0 Å². The van der Waals surface area contributed by atoms with Gasteiger partial charge < -0.3 is 14.5 Å². The number of amides is 1. The summed E-state index contributed by atoms with van der Waals surface area (Å²) < 4.78 is 11.7. The molecule has 1 amide bonds. The van der Waals surface area contributed by atoms with Crippen molar-refractivity contribution >= 4 is 22.6 Å². The quantitative estimate of drug-likeness (QED) is 0.298. The van der Waals surface area contributed by atoms with Crippen LogP contribution in [-0.4, -0.2) is 33.1 Å². The minimum absolute atomic E-state index is 0.223. The van der Waals surface area contributed by atoms with E-state index in [1.165, 1.54) is 32.1 Å². The molecule has 4 aromatic rings. The van der Waals surface area contributed by atoms with Crippen molar-refractivity contribution in [3.63, 3.8) is 0 Å². The van der Waals surface area contributed by atoms with Crippen molar-refractivity contribution < 1.29 is 13.9 Å². The smallest absolute Gasteiger partial charge is 0.255 e. The zero-order valence-electron chi connectivity index (χ0n) is 18.1. The molecule has 0 fully saturated rings. The average molecular weight is 434 g/mol. The first kappa shape index (κ1) is 21.5. The summed E-state index contributed by atoms with van der Waals surface area (Å²) in [6.45, 7) is 2.92. The number of benzene rings is 2. The maximum Gasteiger partial charge on any atom is 0.255 e. The molecule has 0 atom stereocenters. The lowest BCUT2D eigenvalue weighted by Gasteiger charge is -2.08. The molecular weight excluding hydrogens is 406 g/mol. The molecule has 8 heteroatoms. The predicted molar refractivity (Wildman–Crippen MR) is 123 cm³/mol. The van der Waals surface area contributed by atoms with Gasteiger partial charge in [0.15, 0.2) is 11.3 Å². The van der Waals surface area contributed by atoms with Crippen molar-refractivity contribution in [3.05, 3.63) is 54.1 Å². The van der Waals surface area contributed by atoms with E-state index in [9.17, 15) is 4.79 Å². The summed E-state index contributed by atoms with van der Waals surface area (Å²) in [6.07, 6.45) is 7.35. The van der Waals surface area contributed by atoms with Crippen LogP contribution in [0.15, 0.2) is 52.9 Å². The maximum absolute atomic E-state index is 12.8. The van der Waals surface area contributed by atoms with Gasteiger partial charge in [-0.2, -0.15) is 0 Å². The number of unbranched alkanes of at least 4 members (excludes halogenated alkanes) is 5. The number of hydrogen-bond donors (Lipinski definition) is 2. The van der Waals surface area contributed by atoms with E-state index in [4.69, 9.17) is 9.15 Å². The average Bonchev–Trinajstić information content (AvgIpc) is 3.49. The maximum atomic E-state index is 12.8. The van der Waals surface area contributed by atoms with Crippen LogP contribution in [0, 0.1) is 0 Å². The second kappa shape index (κ2) is 10.6. The lowest BCUT2D eigenvalue weighted by Crippen LogP contribution is -2.11. The van der Waals surface area contributed by atoms with Crippen LogP contribution < -0.4 is 10.1 Å². The number of carbonyl (C=O) groups is 1. The van der Waals surface area contributed by atoms with Gasteiger partial charge in [0.05, 0.1) is 12.3 Å². The molecule has 166 valence electrons. The summed E-state index contributed by atoms with van der Waals surface area (Å²) in [5.74, 6) is 1.47. The number of fused-ring (bicyclic) bond motifs is 1. The van der Waals surface area contributed by atoms with Gasteiger partial charge in [-0.3, -0.25) is 4.79 Å². The molecule has 0 unspecified atom stereocenters. The summed E-state index contributed by atoms with van der Waals surface area (Å²) in [7, 11) is 0. The standard InChI is InChI=1S/C24H27N5O3/c1-2-3-4-5-6-7-15-31-19-13-11-17(12-14-19)24(30)25-20-10-8-9-18-16-21(32-22(18)20)23-26-28-29-27-23/h8-14,16H,2-7,15H2,1H3,(H,25,30)(H,26,27,28,29). The molecular formula is C24H27N5O3. The Morgan fingerprint density at radius 3 is 2.66 bits per heavy atom. The minimum Gasteiger partial charge on any atom is -0.494 e. The summed E-state index contributed by atoms with van der Waals surface area (Å²) in [5, 5.41) is 17.4. The Morgan fingerprint density at radius 2 is 1.88 bits per heavy atom. The third-order valence-corrected chi connectivity index (χ3v) is 5.25. The van der Waals surface area contributed by atoms with Crippen LogP contribution >= 0.6 is 0 Å². The number of furan rings is 1. The molecule has 0 aliphatic carbocycles. The second-order valence-corrected chi connectivity index (χ2v) is 7.68. The van der Waals surface area contributed by atoms with Crippen molar-refractivity contribution in [1.29, 1.82) is 0 Å². The summed E-state index contributed by atoms with van der Waals surface area (Å²) >= 11 is 0. The van der Waals surface area contributed by atoms with Crippen LogP contribution in [0.1, 0.15) is 55.8 Å². The number of aromatic amines is 1. The molecule has 0 aliphatic heterocycles. The van der Waals surface area contributed by atoms with E-state index in [-0.39, 0.29) is 5.91 Å². The number of hydrogen-bond acceptors (Lipinski definition) is 6. The van der Waals surface area contributed by atoms with Gasteiger partial charge in [-0.25, -0.2) is 5.10 Å². The highest BCUT2D eigenvalue weighted by molar-refractivity contribution is 6.08. The normalized spacial score (nSPS) is 11.0. The zero-order valence-corrected chi connectivity index (χ0v) is 18.1. The Bertz CT molecular complexity index is 1140. The van der Waals surface area contributed by atoms with Crippen LogP contribution in [0.2, 0.25) is 0 Å². The van der Waals surface area contributed by atoms with Gasteiger partial charge >= 0.3 is 0 Å². The molecule has 2 aromatic heterocycles. The van der Waals surface area contributed by atoms with Crippen molar-refractivity contribution in [2.75, 3.05) is 11.9 Å². The van der Waals surface area contributed by atoms with E-state index >= 15 is 0 Å². The number of carbonyl (C=O) groups excluding carboxylic acids is 1. The van der Waals surface area contributed by atoms with Gasteiger partial charge in [-0.05, 0) is 53.2 Å². The Labute approximate surface area is 186 Å². The van der Waals surface area contributed by atoms with Crippen molar-refractivity contribution in [2.45, 2.75) is 45.4 Å². The fourth-order valence-electron chi connectivity index (χ4n) is 3.51. The summed E-state index contributed by atoms with van der Waals surface area (Å²) in [6, 6.07) is 14.6. The Balaban J connectivity index is 1.34. The number of ether oxygens (including phenoxy) is 1. The Hall–Kier alpha value is -3.68. The van der Waals surface area contributed by atoms with Gasteiger partial charge in [-0.1, -0.05) is 51.2 Å². The van der Waals surface area contributed by atoms with E-state index in [1.807, 2.05) is 30.3 Å². The largest absolute Gasteiger partial charge is 0.494 e. The number of aromatic nitrogens is 4. The van der Waals surface area contributed by atoms with Gasteiger partial charge in [-0.15, -0.1) is 5.10 Å². The highest BCUT2D eigenvalue weighted by Crippen LogP contribution is 2.31. The van der Waals surface area contributed by atoms with Crippen LogP contribution in [-0.2, 0) is 0 Å². The molecule has 0 bridgehead atoms. The molecule has 0 radical (unpaired) electrons. The molecule has 8 nitrogen and oxygen atoms in total. The monoisotopic (exact) mass is 433 g/mol. The molecule has 4 rings (SSSR count). The van der Waals surface area contributed by atoms with Gasteiger partial charge in [0, 0.05) is 10.9 Å². The Kier molecular flexibility index (Phi) is 7.12. The zero-order chi connectivity index (χ0) is 22.2. The first-order valence-corrected chi connectivity index (χ1v) is 11.1. The molecule has 2 aromatic carbocycles. The lowest BCUT2D eigenvalue weighted by molar-refractivity contribution is 0.102. The molecule has 0 spiro atoms. The van der Waals surface area contributed by atoms with Gasteiger partial charge in [0.25, 0.3) is 5.91 Å². The minimum atomic E-state index is -0.223. The highest BCUT2D eigenvalue weighted by atomic mass is 16.5. The third kappa shape index (κ3) is 5.32. The second-order valence-electron chi connectivity index (χ2n) is 7.68. The predicted octanol–water partition coefficient (Wildman–Crippen LogP) is 5.60. The van der Waals surface area contributed by atoms with Gasteiger partial charge in [0.2, 0.25) is 5.82 Å². The van der Waals surface area contributed by atoms with E-state index in [2.05, 4.69) is 32.9 Å². The van der Waals surface area contributed by atoms with Crippen LogP contribution in [0.5, 0.6) is 5.75 Å². The fourth-order valence-corrected chi connectivity index (χ4v) is 3.51. The Morgan fingerprint density at radius 1 is 1.06 bits per heavy atom. The van der Waals surface area contributed by atoms with Crippen LogP contribution in [0.25, 0.3) is 22.6 Å². The number of tetrazole rings is 1. The summed E-state index contributed by atoms with van der Waals surface area (Å²) in [5.41, 5.74) is 1.68. The number of nitrogens with one attached hydrogen (secondary N) is 2. The lowest BCUT2D eigenvalue weighted by atomic mass is 10.1. The molecule has 2 N–H and O–H groups in total. The first-order chi connectivity index (χ1) is 15.7. The third-order valence-electron chi connectivity index (χ3n) is 5.25. The molecule has 0 saturated heterocycles. The van der Waals surface area contributed by atoms with Crippen molar-refractivity contribution in [1.82, 2.24) is 20.6 Å². The number of para-hydroxylation sites is 1. The van der Waals surface area contributed by atoms with Gasteiger partial charge in [0.1, 0.15) is 5.75 Å².